The topological polar surface area (TPSA) is 91.7 Å². The third-order valence-corrected chi connectivity index (χ3v) is 4.27. The summed E-state index contributed by atoms with van der Waals surface area (Å²) < 4.78 is 43.3. The van der Waals surface area contributed by atoms with Crippen LogP contribution in [0, 0.1) is 0 Å². The molecule has 8 nitrogen and oxygen atoms in total. The minimum absolute atomic E-state index is 0.273. The number of aromatic nitrogens is 2. The van der Waals surface area contributed by atoms with Crippen molar-refractivity contribution in [3.05, 3.63) is 24.5 Å². The molecule has 0 aliphatic carbocycles. The highest BCUT2D eigenvalue weighted by Gasteiger charge is 2.20. The molecule has 130 valence electrons. The summed E-state index contributed by atoms with van der Waals surface area (Å²) in [7, 11) is -1.65. The van der Waals surface area contributed by atoms with Gasteiger partial charge in [-0.05, 0) is 6.07 Å². The Morgan fingerprint density at radius 1 is 1.29 bits per heavy atom. The number of nitrogens with one attached hydrogen (secondary N) is 1. The van der Waals surface area contributed by atoms with Crippen molar-refractivity contribution in [1.29, 1.82) is 0 Å². The molecule has 9 heteroatoms. The van der Waals surface area contributed by atoms with E-state index >= 15 is 0 Å². The summed E-state index contributed by atoms with van der Waals surface area (Å²) in [4.78, 5) is 4.37. The molecular formula is C15H19N3O5S. The molecule has 24 heavy (non-hydrogen) atoms. The standard InChI is InChI=1S/C15H19N3O5S/c1-21-12-10-14-13(22-7-8-23-14)9-11(12)15-16-3-5-18(15)6-4-17-24(2,19)20/h3,5,9-10,17H,4,6-8H2,1-2H3. The van der Waals surface area contributed by atoms with Crippen LogP contribution in [-0.4, -0.2) is 51.1 Å². The molecule has 2 aromatic rings. The molecule has 0 radical (unpaired) electrons. The Morgan fingerprint density at radius 3 is 2.67 bits per heavy atom. The summed E-state index contributed by atoms with van der Waals surface area (Å²) in [6.07, 6.45) is 4.58. The molecule has 0 fully saturated rings. The minimum Gasteiger partial charge on any atom is -0.496 e. The van der Waals surface area contributed by atoms with Crippen molar-refractivity contribution in [3.8, 4) is 28.6 Å². The Balaban J connectivity index is 1.90. The Hall–Kier alpha value is -2.26. The number of methoxy groups -OCH3 is 1. The summed E-state index contributed by atoms with van der Waals surface area (Å²) in [5.41, 5.74) is 0.756. The van der Waals surface area contributed by atoms with Gasteiger partial charge in [0.1, 0.15) is 24.8 Å². The highest BCUT2D eigenvalue weighted by atomic mass is 32.2. The third kappa shape index (κ3) is 3.62. The largest absolute Gasteiger partial charge is 0.496 e. The number of sulfonamides is 1. The molecular weight excluding hydrogens is 334 g/mol. The maximum absolute atomic E-state index is 11.2. The number of benzene rings is 1. The van der Waals surface area contributed by atoms with E-state index in [4.69, 9.17) is 14.2 Å². The lowest BCUT2D eigenvalue weighted by Gasteiger charge is -2.21. The van der Waals surface area contributed by atoms with Gasteiger partial charge in [0.05, 0.1) is 18.9 Å². The van der Waals surface area contributed by atoms with Crippen molar-refractivity contribution < 1.29 is 22.6 Å². The number of hydrogen-bond acceptors (Lipinski definition) is 6. The van der Waals surface area contributed by atoms with E-state index in [-0.39, 0.29) is 6.54 Å². The second-order valence-corrected chi connectivity index (χ2v) is 7.14. The van der Waals surface area contributed by atoms with Crippen LogP contribution in [0.3, 0.4) is 0 Å². The first-order valence-electron chi connectivity index (χ1n) is 7.42. The van der Waals surface area contributed by atoms with Crippen LogP contribution in [0.2, 0.25) is 0 Å². The number of hydrogen-bond donors (Lipinski definition) is 1. The Morgan fingerprint density at radius 2 is 2.00 bits per heavy atom. The van der Waals surface area contributed by atoms with Crippen LogP contribution < -0.4 is 18.9 Å². The molecule has 0 atom stereocenters. The molecule has 0 amide bonds. The van der Waals surface area contributed by atoms with Gasteiger partial charge in [-0.15, -0.1) is 0 Å². The van der Waals surface area contributed by atoms with Gasteiger partial charge in [0.2, 0.25) is 10.0 Å². The molecule has 1 N–H and O–H groups in total. The fourth-order valence-corrected chi connectivity index (χ4v) is 2.96. The fraction of sp³-hybridized carbons (Fsp3) is 0.400. The summed E-state index contributed by atoms with van der Waals surface area (Å²) in [6.45, 7) is 1.71. The van der Waals surface area contributed by atoms with E-state index in [9.17, 15) is 8.42 Å². The molecule has 0 saturated heterocycles. The zero-order valence-electron chi connectivity index (χ0n) is 13.5. The van der Waals surface area contributed by atoms with Crippen LogP contribution in [0.15, 0.2) is 24.5 Å². The highest BCUT2D eigenvalue weighted by Crippen LogP contribution is 2.40. The molecule has 1 aromatic carbocycles. The number of fused-ring (bicyclic) bond motifs is 1. The van der Waals surface area contributed by atoms with Crippen molar-refractivity contribution in [2.75, 3.05) is 33.1 Å². The van der Waals surface area contributed by atoms with Gasteiger partial charge in [0, 0.05) is 31.5 Å². The van der Waals surface area contributed by atoms with Crippen molar-refractivity contribution in [2.45, 2.75) is 6.54 Å². The zero-order valence-corrected chi connectivity index (χ0v) is 14.3. The predicted molar refractivity (Wildman–Crippen MR) is 88.1 cm³/mol. The van der Waals surface area contributed by atoms with Gasteiger partial charge in [0.25, 0.3) is 0 Å². The highest BCUT2D eigenvalue weighted by molar-refractivity contribution is 7.88. The van der Waals surface area contributed by atoms with Crippen LogP contribution in [0.4, 0.5) is 0 Å². The van der Waals surface area contributed by atoms with E-state index in [1.807, 2.05) is 10.6 Å². The van der Waals surface area contributed by atoms with Gasteiger partial charge in [-0.3, -0.25) is 0 Å². The second-order valence-electron chi connectivity index (χ2n) is 5.31. The van der Waals surface area contributed by atoms with Gasteiger partial charge >= 0.3 is 0 Å². The summed E-state index contributed by atoms with van der Waals surface area (Å²) in [5.74, 6) is 2.56. The van der Waals surface area contributed by atoms with E-state index in [0.29, 0.717) is 42.8 Å². The molecule has 0 saturated carbocycles. The SMILES string of the molecule is COc1cc2c(cc1-c1nccn1CCNS(C)(=O)=O)OCCO2. The number of imidazole rings is 1. The first-order chi connectivity index (χ1) is 11.5. The van der Waals surface area contributed by atoms with Crippen LogP contribution in [0.5, 0.6) is 17.2 Å². The Bertz CT molecular complexity index is 832. The van der Waals surface area contributed by atoms with Gasteiger partial charge in [-0.1, -0.05) is 0 Å². The molecule has 0 spiro atoms. The van der Waals surface area contributed by atoms with Gasteiger partial charge in [-0.25, -0.2) is 18.1 Å². The summed E-state index contributed by atoms with van der Waals surface area (Å²) in [5, 5.41) is 0. The van der Waals surface area contributed by atoms with Gasteiger partial charge in [0.15, 0.2) is 11.5 Å². The van der Waals surface area contributed by atoms with E-state index in [1.54, 1.807) is 25.6 Å². The van der Waals surface area contributed by atoms with Crippen molar-refractivity contribution >= 4 is 10.0 Å². The number of rotatable bonds is 6. The first kappa shape index (κ1) is 16.6. The fourth-order valence-electron chi connectivity index (χ4n) is 2.50. The lowest BCUT2D eigenvalue weighted by atomic mass is 10.1. The molecule has 3 rings (SSSR count). The summed E-state index contributed by atoms with van der Waals surface area (Å²) >= 11 is 0. The van der Waals surface area contributed by atoms with E-state index in [0.717, 1.165) is 11.8 Å². The third-order valence-electron chi connectivity index (χ3n) is 3.54. The molecule has 2 heterocycles. The molecule has 0 bridgehead atoms. The molecule has 0 unspecified atom stereocenters. The van der Waals surface area contributed by atoms with Crippen molar-refractivity contribution in [1.82, 2.24) is 14.3 Å². The maximum Gasteiger partial charge on any atom is 0.208 e. The van der Waals surface area contributed by atoms with Crippen LogP contribution in [0.25, 0.3) is 11.4 Å². The lowest BCUT2D eigenvalue weighted by Crippen LogP contribution is -2.26. The van der Waals surface area contributed by atoms with Gasteiger partial charge in [-0.2, -0.15) is 0 Å². The molecule has 1 aliphatic heterocycles. The predicted octanol–water partition coefficient (Wildman–Crippen LogP) is 0.879. The van der Waals surface area contributed by atoms with E-state index in [1.165, 1.54) is 0 Å². The normalized spacial score (nSPS) is 13.8. The minimum atomic E-state index is -3.22. The Kier molecular flexibility index (Phi) is 4.63. The molecule has 1 aromatic heterocycles. The number of nitrogens with zero attached hydrogens (tertiary/aromatic N) is 2. The quantitative estimate of drug-likeness (QED) is 0.829. The average Bonchev–Trinajstić information content (AvgIpc) is 3.00. The number of ether oxygens (including phenoxy) is 3. The van der Waals surface area contributed by atoms with Crippen molar-refractivity contribution in [3.63, 3.8) is 0 Å². The van der Waals surface area contributed by atoms with Gasteiger partial charge < -0.3 is 18.8 Å². The smallest absolute Gasteiger partial charge is 0.208 e. The first-order valence-corrected chi connectivity index (χ1v) is 9.31. The van der Waals surface area contributed by atoms with Crippen LogP contribution in [0.1, 0.15) is 0 Å². The van der Waals surface area contributed by atoms with E-state index < -0.39 is 10.0 Å². The summed E-state index contributed by atoms with van der Waals surface area (Å²) in [6, 6.07) is 3.60. The maximum atomic E-state index is 11.2. The van der Waals surface area contributed by atoms with Crippen LogP contribution in [-0.2, 0) is 16.6 Å². The zero-order chi connectivity index (χ0) is 17.2. The van der Waals surface area contributed by atoms with E-state index in [2.05, 4.69) is 9.71 Å². The average molecular weight is 353 g/mol. The monoisotopic (exact) mass is 353 g/mol. The van der Waals surface area contributed by atoms with Crippen molar-refractivity contribution in [2.24, 2.45) is 0 Å². The second kappa shape index (κ2) is 6.70. The van der Waals surface area contributed by atoms with Crippen LogP contribution >= 0.6 is 0 Å². The molecule has 1 aliphatic rings. The lowest BCUT2D eigenvalue weighted by molar-refractivity contribution is 0.171. The Labute approximate surface area is 140 Å².